The maximum absolute atomic E-state index is 4.98. The van der Waals surface area contributed by atoms with Crippen LogP contribution in [-0.2, 0) is 11.3 Å². The summed E-state index contributed by atoms with van der Waals surface area (Å²) in [6, 6.07) is 0.325. The summed E-state index contributed by atoms with van der Waals surface area (Å²) in [5.41, 5.74) is 6.82. The third-order valence-electron chi connectivity index (χ3n) is 8.96. The van der Waals surface area contributed by atoms with E-state index in [2.05, 4.69) is 56.7 Å². The molecular formula is C30H34N6S. The maximum Gasteiger partial charge on any atom is 0.137 e. The summed E-state index contributed by atoms with van der Waals surface area (Å²) in [5.74, 6) is 8.46. The largest absolute Gasteiger partial charge is 0.343 e. The number of aromatic amines is 2. The monoisotopic (exact) mass is 510 g/mol. The molecular weight excluding hydrogens is 476 g/mol. The van der Waals surface area contributed by atoms with E-state index in [1.54, 1.807) is 0 Å². The third-order valence-corrected chi connectivity index (χ3v) is 9.49. The molecule has 2 atom stereocenters. The van der Waals surface area contributed by atoms with Crippen LogP contribution in [-0.4, -0.2) is 33.0 Å². The Hall–Kier alpha value is -2.79. The number of nitrogens with zero attached hydrogens (tertiary/aromatic N) is 2. The van der Waals surface area contributed by atoms with Crippen LogP contribution in [0.15, 0.2) is 42.7 Å². The Labute approximate surface area is 224 Å². The fourth-order valence-electron chi connectivity index (χ4n) is 6.06. The van der Waals surface area contributed by atoms with Crippen LogP contribution >= 0.6 is 12.6 Å². The molecule has 2 saturated carbocycles. The minimum atomic E-state index is -0.350. The molecule has 5 aliphatic rings. The average molecular weight is 511 g/mol. The van der Waals surface area contributed by atoms with Gasteiger partial charge in [0, 0.05) is 29.9 Å². The highest BCUT2D eigenvalue weighted by Crippen LogP contribution is 2.58. The van der Waals surface area contributed by atoms with Crippen molar-refractivity contribution in [1.29, 1.82) is 0 Å². The van der Waals surface area contributed by atoms with Gasteiger partial charge in [0.15, 0.2) is 0 Å². The minimum absolute atomic E-state index is 0.325. The number of rotatable bonds is 5. The van der Waals surface area contributed by atoms with E-state index in [1.807, 2.05) is 18.3 Å². The number of thiol groups is 1. The van der Waals surface area contributed by atoms with Crippen LogP contribution < -0.4 is 10.6 Å². The van der Waals surface area contributed by atoms with Gasteiger partial charge in [-0.25, -0.2) is 9.97 Å². The molecule has 2 spiro atoms. The Kier molecular flexibility index (Phi) is 5.27. The van der Waals surface area contributed by atoms with Crippen molar-refractivity contribution in [3.8, 4) is 11.8 Å². The molecule has 190 valence electrons. The molecule has 0 aromatic carbocycles. The molecule has 7 heteroatoms. The van der Waals surface area contributed by atoms with E-state index < -0.39 is 0 Å². The molecule has 37 heavy (non-hydrogen) atoms. The summed E-state index contributed by atoms with van der Waals surface area (Å²) in [5, 5.41) is 7.22. The summed E-state index contributed by atoms with van der Waals surface area (Å²) >= 11 is 4.98. The first-order chi connectivity index (χ1) is 17.8. The molecule has 2 aromatic rings. The van der Waals surface area contributed by atoms with Crippen molar-refractivity contribution in [2.24, 2.45) is 10.8 Å². The van der Waals surface area contributed by atoms with Crippen LogP contribution in [0.25, 0.3) is 11.6 Å². The first-order valence-corrected chi connectivity index (χ1v) is 13.9. The van der Waals surface area contributed by atoms with Crippen LogP contribution in [0.3, 0.4) is 0 Å². The van der Waals surface area contributed by atoms with Gasteiger partial charge in [-0.15, -0.1) is 12.6 Å². The summed E-state index contributed by atoms with van der Waals surface area (Å²) in [6.45, 7) is 10.5. The second-order valence-corrected chi connectivity index (χ2v) is 12.7. The molecule has 7 rings (SSSR count). The highest BCUT2D eigenvalue weighted by atomic mass is 32.1. The molecule has 2 aliphatic heterocycles. The Morgan fingerprint density at radius 2 is 1.92 bits per heavy atom. The van der Waals surface area contributed by atoms with Crippen molar-refractivity contribution in [3.63, 3.8) is 0 Å². The lowest BCUT2D eigenvalue weighted by Gasteiger charge is -2.20. The quantitative estimate of drug-likeness (QED) is 0.224. The second kappa shape index (κ2) is 8.36. The van der Waals surface area contributed by atoms with E-state index in [0.29, 0.717) is 16.9 Å². The Morgan fingerprint density at radius 3 is 2.68 bits per heavy atom. The number of nitrogens with one attached hydrogen (secondary N) is 4. The second-order valence-electron chi connectivity index (χ2n) is 12.0. The number of fused-ring (bicyclic) bond motifs is 1. The standard InChI is InChI=1S/C30H34N6S/c1-19(3-5-20(2)25-15-31-26(34-25)24-14-28(9-10-28)17-32-24)4-6-21-7-8-22-23(13-21)36-27(35-22)30(37)16-29(11-12-29)18-33-30/h3,5,13,15,24,32-33,37H,1-2,7-12,14,16-18H2,(H,31,34)(H,35,36). The number of hydrogen-bond acceptors (Lipinski definition) is 5. The molecule has 6 nitrogen and oxygen atoms in total. The zero-order chi connectivity index (χ0) is 25.3. The van der Waals surface area contributed by atoms with E-state index >= 15 is 0 Å². The van der Waals surface area contributed by atoms with Gasteiger partial charge in [0.25, 0.3) is 0 Å². The molecule has 2 aromatic heterocycles. The normalized spacial score (nSPS) is 28.2. The van der Waals surface area contributed by atoms with Crippen molar-refractivity contribution in [2.75, 3.05) is 13.1 Å². The fraction of sp³-hybridized carbons (Fsp3) is 0.467. The van der Waals surface area contributed by atoms with Gasteiger partial charge in [-0.1, -0.05) is 31.1 Å². The molecule has 3 aliphatic carbocycles. The molecule has 4 N–H and O–H groups in total. The molecule has 4 heterocycles. The molecule has 2 saturated heterocycles. The number of aromatic nitrogens is 4. The lowest BCUT2D eigenvalue weighted by molar-refractivity contribution is 0.511. The average Bonchev–Trinajstić information content (AvgIpc) is 3.50. The topological polar surface area (TPSA) is 81.4 Å². The molecule has 2 unspecified atom stereocenters. The van der Waals surface area contributed by atoms with E-state index in [4.69, 9.17) is 17.6 Å². The number of H-pyrrole nitrogens is 2. The minimum Gasteiger partial charge on any atom is -0.343 e. The molecule has 4 fully saturated rings. The highest BCUT2D eigenvalue weighted by molar-refractivity contribution is 7.81. The summed E-state index contributed by atoms with van der Waals surface area (Å²) in [4.78, 5) is 16.2. The van der Waals surface area contributed by atoms with Gasteiger partial charge in [-0.05, 0) is 79.9 Å². The zero-order valence-electron chi connectivity index (χ0n) is 21.2. The van der Waals surface area contributed by atoms with Crippen LogP contribution in [0.4, 0.5) is 0 Å². The molecule has 0 amide bonds. The number of allylic oxidation sites excluding steroid dienone is 5. The number of imidazole rings is 2. The van der Waals surface area contributed by atoms with E-state index in [0.717, 1.165) is 72.1 Å². The summed E-state index contributed by atoms with van der Waals surface area (Å²) < 4.78 is 0. The Bertz CT molecular complexity index is 1420. The third kappa shape index (κ3) is 4.46. The van der Waals surface area contributed by atoms with Gasteiger partial charge in [-0.3, -0.25) is 5.32 Å². The zero-order valence-corrected chi connectivity index (χ0v) is 22.1. The van der Waals surface area contributed by atoms with Crippen LogP contribution in [0.2, 0.25) is 0 Å². The Balaban J connectivity index is 0.981. The molecule has 0 bridgehead atoms. The van der Waals surface area contributed by atoms with Crippen molar-refractivity contribution < 1.29 is 0 Å². The fourth-order valence-corrected chi connectivity index (χ4v) is 6.58. The lowest BCUT2D eigenvalue weighted by atomic mass is 10.0. The number of hydrogen-bond donors (Lipinski definition) is 5. The predicted octanol–water partition coefficient (Wildman–Crippen LogP) is 4.96. The molecule has 0 radical (unpaired) electrons. The summed E-state index contributed by atoms with van der Waals surface area (Å²) in [7, 11) is 0. The smallest absolute Gasteiger partial charge is 0.137 e. The Morgan fingerprint density at radius 1 is 1.08 bits per heavy atom. The first-order valence-electron chi connectivity index (χ1n) is 13.5. The van der Waals surface area contributed by atoms with Gasteiger partial charge in [0.2, 0.25) is 0 Å². The van der Waals surface area contributed by atoms with Gasteiger partial charge in [0.1, 0.15) is 16.5 Å². The van der Waals surface area contributed by atoms with Crippen molar-refractivity contribution in [1.82, 2.24) is 30.6 Å². The number of aryl methyl sites for hydroxylation is 1. The highest BCUT2D eigenvalue weighted by Gasteiger charge is 2.55. The van der Waals surface area contributed by atoms with E-state index in [-0.39, 0.29) is 4.87 Å². The van der Waals surface area contributed by atoms with Crippen molar-refractivity contribution in [3.05, 3.63) is 71.4 Å². The van der Waals surface area contributed by atoms with E-state index in [9.17, 15) is 0 Å². The van der Waals surface area contributed by atoms with Gasteiger partial charge >= 0.3 is 0 Å². The van der Waals surface area contributed by atoms with Gasteiger partial charge < -0.3 is 15.3 Å². The van der Waals surface area contributed by atoms with Crippen LogP contribution in [0, 0.1) is 22.7 Å². The maximum atomic E-state index is 4.98. The van der Waals surface area contributed by atoms with E-state index in [1.165, 1.54) is 37.8 Å². The SMILES string of the molecule is C=C(C#CC1=Cc2nc(C3(S)CC4(CC4)CN3)[nH]c2CC1)C=CC(=C)c1cnc(C2CC3(CC3)CN2)[nH]1. The lowest BCUT2D eigenvalue weighted by Crippen LogP contribution is -2.31. The van der Waals surface area contributed by atoms with Gasteiger partial charge in [-0.2, -0.15) is 0 Å². The van der Waals surface area contributed by atoms with Crippen molar-refractivity contribution in [2.45, 2.75) is 62.3 Å². The van der Waals surface area contributed by atoms with Crippen LogP contribution in [0.1, 0.15) is 79.7 Å². The van der Waals surface area contributed by atoms with Gasteiger partial charge in [0.05, 0.1) is 23.6 Å². The van der Waals surface area contributed by atoms with Crippen molar-refractivity contribution >= 4 is 24.3 Å². The predicted molar refractivity (Wildman–Crippen MR) is 151 cm³/mol. The van der Waals surface area contributed by atoms with Crippen LogP contribution in [0.5, 0.6) is 0 Å². The summed E-state index contributed by atoms with van der Waals surface area (Å²) in [6.07, 6.45) is 17.2. The first kappa shape index (κ1) is 23.3.